The van der Waals surface area contributed by atoms with Crippen LogP contribution in [0.25, 0.3) is 0 Å². The van der Waals surface area contributed by atoms with Crippen LogP contribution in [0.3, 0.4) is 0 Å². The lowest BCUT2D eigenvalue weighted by molar-refractivity contribution is -0.117. The molecule has 0 aliphatic carbocycles. The Labute approximate surface area is 110 Å². The van der Waals surface area contributed by atoms with E-state index in [0.29, 0.717) is 12.1 Å². The van der Waals surface area contributed by atoms with Crippen LogP contribution in [0.15, 0.2) is 18.2 Å². The van der Waals surface area contributed by atoms with Gasteiger partial charge in [0.1, 0.15) is 0 Å². The van der Waals surface area contributed by atoms with Crippen molar-refractivity contribution in [3.8, 4) is 0 Å². The number of benzene rings is 1. The molecule has 1 atom stereocenters. The largest absolute Gasteiger partial charge is 0.366 e. The zero-order valence-electron chi connectivity index (χ0n) is 10.1. The zero-order chi connectivity index (χ0) is 13.7. The van der Waals surface area contributed by atoms with Gasteiger partial charge in [-0.15, -0.1) is 0 Å². The summed E-state index contributed by atoms with van der Waals surface area (Å²) >= 11 is 5.80. The molecule has 6 heteroatoms. The Kier molecular flexibility index (Phi) is 5.12. The van der Waals surface area contributed by atoms with Crippen molar-refractivity contribution in [1.29, 1.82) is 0 Å². The van der Waals surface area contributed by atoms with Crippen molar-refractivity contribution < 1.29 is 9.59 Å². The molecule has 18 heavy (non-hydrogen) atoms. The van der Waals surface area contributed by atoms with Gasteiger partial charge in [-0.1, -0.05) is 24.9 Å². The fraction of sp³-hybridized carbons (Fsp3) is 0.333. The summed E-state index contributed by atoms with van der Waals surface area (Å²) in [6.45, 7) is 1.95. The minimum atomic E-state index is -0.644. The van der Waals surface area contributed by atoms with Gasteiger partial charge < -0.3 is 16.8 Å². The van der Waals surface area contributed by atoms with Gasteiger partial charge in [-0.2, -0.15) is 0 Å². The molecule has 0 unspecified atom stereocenters. The molecule has 0 saturated heterocycles. The van der Waals surface area contributed by atoms with Crippen molar-refractivity contribution in [2.75, 3.05) is 5.32 Å². The van der Waals surface area contributed by atoms with Crippen LogP contribution in [0.1, 0.15) is 30.1 Å². The molecule has 0 spiro atoms. The van der Waals surface area contributed by atoms with Gasteiger partial charge in [0.25, 0.3) is 0 Å². The van der Waals surface area contributed by atoms with Crippen LogP contribution in [0.2, 0.25) is 5.02 Å². The first-order valence-corrected chi connectivity index (χ1v) is 5.99. The molecule has 0 radical (unpaired) electrons. The molecule has 0 aromatic heterocycles. The van der Waals surface area contributed by atoms with Crippen LogP contribution in [0.5, 0.6) is 0 Å². The van der Waals surface area contributed by atoms with Crippen LogP contribution in [0.4, 0.5) is 5.69 Å². The first-order valence-electron chi connectivity index (χ1n) is 5.61. The Morgan fingerprint density at radius 2 is 2.11 bits per heavy atom. The average molecular weight is 270 g/mol. The number of amides is 2. The number of carbonyl (C=O) groups is 2. The van der Waals surface area contributed by atoms with Crippen molar-refractivity contribution in [3.05, 3.63) is 28.8 Å². The summed E-state index contributed by atoms with van der Waals surface area (Å²) in [5.74, 6) is -0.941. The zero-order valence-corrected chi connectivity index (χ0v) is 10.8. The minimum absolute atomic E-state index is 0.165. The van der Waals surface area contributed by atoms with Gasteiger partial charge in [0, 0.05) is 5.69 Å². The van der Waals surface area contributed by atoms with Crippen LogP contribution in [-0.2, 0) is 4.79 Å². The number of hydrogen-bond acceptors (Lipinski definition) is 3. The Bertz CT molecular complexity index is 463. The standard InChI is InChI=1S/C12H16ClN3O2/c1-2-3-10(14)12(18)16-7-4-5-9(13)8(6-7)11(15)17/h4-6,10H,2-3,14H2,1H3,(H2,15,17)(H,16,18)/t10-/m1/s1. The molecule has 5 nitrogen and oxygen atoms in total. The molecular formula is C12H16ClN3O2. The first kappa shape index (κ1) is 14.5. The molecule has 98 valence electrons. The van der Waals surface area contributed by atoms with Crippen molar-refractivity contribution in [2.24, 2.45) is 11.5 Å². The number of carbonyl (C=O) groups excluding carboxylic acids is 2. The molecule has 2 amide bonds. The van der Waals surface area contributed by atoms with Gasteiger partial charge in [-0.05, 0) is 24.6 Å². The van der Waals surface area contributed by atoms with E-state index >= 15 is 0 Å². The monoisotopic (exact) mass is 269 g/mol. The Hall–Kier alpha value is -1.59. The van der Waals surface area contributed by atoms with E-state index in [1.165, 1.54) is 12.1 Å². The summed E-state index contributed by atoms with van der Waals surface area (Å²) in [4.78, 5) is 22.8. The number of hydrogen-bond donors (Lipinski definition) is 3. The average Bonchev–Trinajstić information content (AvgIpc) is 2.31. The molecule has 0 fully saturated rings. The van der Waals surface area contributed by atoms with Crippen molar-refractivity contribution in [1.82, 2.24) is 0 Å². The fourth-order valence-corrected chi connectivity index (χ4v) is 1.68. The Morgan fingerprint density at radius 1 is 1.44 bits per heavy atom. The summed E-state index contributed by atoms with van der Waals surface area (Å²) in [5.41, 5.74) is 11.4. The third kappa shape index (κ3) is 3.72. The maximum absolute atomic E-state index is 11.7. The summed E-state index contributed by atoms with van der Waals surface area (Å²) in [5, 5.41) is 2.87. The lowest BCUT2D eigenvalue weighted by Gasteiger charge is -2.12. The van der Waals surface area contributed by atoms with E-state index in [0.717, 1.165) is 6.42 Å². The highest BCUT2D eigenvalue weighted by Gasteiger charge is 2.14. The van der Waals surface area contributed by atoms with Crippen molar-refractivity contribution in [3.63, 3.8) is 0 Å². The highest BCUT2D eigenvalue weighted by molar-refractivity contribution is 6.34. The van der Waals surface area contributed by atoms with Crippen molar-refractivity contribution >= 4 is 29.1 Å². The van der Waals surface area contributed by atoms with Crippen LogP contribution < -0.4 is 16.8 Å². The molecule has 0 aliphatic rings. The molecule has 5 N–H and O–H groups in total. The Morgan fingerprint density at radius 3 is 2.67 bits per heavy atom. The van der Waals surface area contributed by atoms with Gasteiger partial charge in [0.05, 0.1) is 16.6 Å². The quantitative estimate of drug-likeness (QED) is 0.755. The summed E-state index contributed by atoms with van der Waals surface area (Å²) in [7, 11) is 0. The lowest BCUT2D eigenvalue weighted by atomic mass is 10.1. The highest BCUT2D eigenvalue weighted by atomic mass is 35.5. The van der Waals surface area contributed by atoms with Gasteiger partial charge in [-0.25, -0.2) is 0 Å². The van der Waals surface area contributed by atoms with Crippen molar-refractivity contribution in [2.45, 2.75) is 25.8 Å². The predicted molar refractivity (Wildman–Crippen MR) is 71.5 cm³/mol. The van der Waals surface area contributed by atoms with Crippen LogP contribution in [-0.4, -0.2) is 17.9 Å². The molecular weight excluding hydrogens is 254 g/mol. The second kappa shape index (κ2) is 6.37. The number of anilines is 1. The predicted octanol–water partition coefficient (Wildman–Crippen LogP) is 1.50. The van der Waals surface area contributed by atoms with E-state index < -0.39 is 11.9 Å². The maximum Gasteiger partial charge on any atom is 0.250 e. The van der Waals surface area contributed by atoms with Gasteiger partial charge in [0.15, 0.2) is 0 Å². The third-order valence-electron chi connectivity index (χ3n) is 2.44. The van der Waals surface area contributed by atoms with Crippen LogP contribution >= 0.6 is 11.6 Å². The molecule has 1 aromatic carbocycles. The normalized spacial score (nSPS) is 11.9. The SMILES string of the molecule is CCC[C@@H](N)C(=O)Nc1ccc(Cl)c(C(N)=O)c1. The first-order chi connectivity index (χ1) is 8.45. The minimum Gasteiger partial charge on any atom is -0.366 e. The lowest BCUT2D eigenvalue weighted by Crippen LogP contribution is -2.35. The molecule has 0 aliphatic heterocycles. The van der Waals surface area contributed by atoms with E-state index in [2.05, 4.69) is 5.32 Å². The molecule has 0 heterocycles. The Balaban J connectivity index is 2.82. The van der Waals surface area contributed by atoms with E-state index in [1.807, 2.05) is 6.92 Å². The number of nitrogens with two attached hydrogens (primary N) is 2. The maximum atomic E-state index is 11.7. The third-order valence-corrected chi connectivity index (χ3v) is 2.77. The second-order valence-corrected chi connectivity index (χ2v) is 4.35. The molecule has 1 rings (SSSR count). The van der Waals surface area contributed by atoms with Gasteiger partial charge in [-0.3, -0.25) is 9.59 Å². The number of halogens is 1. The fourth-order valence-electron chi connectivity index (χ4n) is 1.47. The van der Waals surface area contributed by atoms with E-state index in [-0.39, 0.29) is 16.5 Å². The summed E-state index contributed by atoms with van der Waals surface area (Å²) in [6.07, 6.45) is 1.42. The van der Waals surface area contributed by atoms with E-state index in [1.54, 1.807) is 6.07 Å². The van der Waals surface area contributed by atoms with E-state index in [9.17, 15) is 9.59 Å². The van der Waals surface area contributed by atoms with E-state index in [4.69, 9.17) is 23.1 Å². The van der Waals surface area contributed by atoms with Gasteiger partial charge >= 0.3 is 0 Å². The number of rotatable bonds is 5. The number of nitrogens with one attached hydrogen (secondary N) is 1. The van der Waals surface area contributed by atoms with Gasteiger partial charge in [0.2, 0.25) is 11.8 Å². The summed E-state index contributed by atoms with van der Waals surface area (Å²) in [6, 6.07) is 3.96. The highest BCUT2D eigenvalue weighted by Crippen LogP contribution is 2.20. The van der Waals surface area contributed by atoms with Crippen LogP contribution in [0, 0.1) is 0 Å². The molecule has 0 bridgehead atoms. The smallest absolute Gasteiger partial charge is 0.250 e. The summed E-state index contributed by atoms with van der Waals surface area (Å²) < 4.78 is 0. The molecule has 0 saturated carbocycles. The number of primary amides is 1. The molecule has 1 aromatic rings. The second-order valence-electron chi connectivity index (χ2n) is 3.94. The topological polar surface area (TPSA) is 98.2 Å².